The van der Waals surface area contributed by atoms with Gasteiger partial charge < -0.3 is 25.6 Å². The Morgan fingerprint density at radius 2 is 1.69 bits per heavy atom. The number of amides is 1. The van der Waals surface area contributed by atoms with Crippen LogP contribution in [0, 0.1) is 23.7 Å². The van der Waals surface area contributed by atoms with Crippen molar-refractivity contribution in [1.82, 2.24) is 5.32 Å². The van der Waals surface area contributed by atoms with Crippen molar-refractivity contribution in [3.8, 4) is 0 Å². The average Bonchev–Trinajstić information content (AvgIpc) is 3.31. The maximum atomic E-state index is 12.2. The minimum atomic E-state index is -1.24. The first-order valence-electron chi connectivity index (χ1n) is 10.7. The fourth-order valence-electron chi connectivity index (χ4n) is 5.04. The summed E-state index contributed by atoms with van der Waals surface area (Å²) in [6.45, 7) is 4.53. The predicted octanol–water partition coefficient (Wildman–Crippen LogP) is 1.70. The molecule has 166 valence electrons. The van der Waals surface area contributed by atoms with Gasteiger partial charge in [0, 0.05) is 0 Å². The van der Waals surface area contributed by atoms with E-state index in [-0.39, 0.29) is 12.7 Å². The monoisotopic (exact) mass is 412 g/mol. The van der Waals surface area contributed by atoms with Gasteiger partial charge in [-0.05, 0) is 36.5 Å². The highest BCUT2D eigenvalue weighted by molar-refractivity contribution is 5.89. The number of carboxylic acids is 1. The maximum Gasteiger partial charge on any atom is 0.330 e. The molecule has 4 N–H and O–H groups in total. The van der Waals surface area contributed by atoms with E-state index in [1.54, 1.807) is 0 Å². The second-order valence-electron chi connectivity index (χ2n) is 8.74. The lowest BCUT2D eigenvalue weighted by molar-refractivity contribution is -0.149. The molecule has 0 aromatic rings. The number of hydrogen-bond acceptors (Lipinski definition) is 6. The van der Waals surface area contributed by atoms with Crippen LogP contribution in [-0.2, 0) is 23.9 Å². The molecule has 29 heavy (non-hydrogen) atoms. The van der Waals surface area contributed by atoms with E-state index < -0.39 is 36.4 Å². The maximum absolute atomic E-state index is 12.2. The number of carbonyl (C=O) groups excluding carboxylic acids is 2. The number of aliphatic carboxylic acids is 1. The number of carbonyl (C=O) groups is 3. The third-order valence-corrected chi connectivity index (χ3v) is 6.62. The number of hydrogen-bond donors (Lipinski definition) is 3. The molecule has 0 aromatic carbocycles. The average molecular weight is 413 g/mol. The van der Waals surface area contributed by atoms with Crippen LogP contribution in [0.4, 0.5) is 0 Å². The summed E-state index contributed by atoms with van der Waals surface area (Å²) < 4.78 is 11.1. The molecule has 0 saturated heterocycles. The van der Waals surface area contributed by atoms with E-state index in [2.05, 4.69) is 19.2 Å². The molecule has 3 unspecified atom stereocenters. The van der Waals surface area contributed by atoms with Crippen LogP contribution in [-0.4, -0.2) is 54.9 Å². The number of methoxy groups -OCH3 is 1. The highest BCUT2D eigenvalue weighted by atomic mass is 16.5. The molecule has 0 spiro atoms. The Morgan fingerprint density at radius 3 is 2.21 bits per heavy atom. The van der Waals surface area contributed by atoms with Gasteiger partial charge in [0.25, 0.3) is 0 Å². The molecular formula is C21H36N2O6. The fraction of sp³-hybridized carbons (Fsp3) is 0.857. The third-order valence-electron chi connectivity index (χ3n) is 6.62. The molecule has 0 aromatic heterocycles. The van der Waals surface area contributed by atoms with Crippen LogP contribution in [0.1, 0.15) is 58.8 Å². The topological polar surface area (TPSA) is 128 Å². The molecule has 5 atom stereocenters. The standard InChI is InChI=1S/C21H36N2O6/c1-12-8-9-13(2)18(12)19(14-6-4-5-7-14)29-11-16(21(27)28-3)23-20(26)15(22)10-17(24)25/h12-16,18-19H,4-11,22H2,1-3H3,(H,23,26)(H,24,25)/t12?,13?,15-,16-,18?,19?/m0/s1. The highest BCUT2D eigenvalue weighted by Gasteiger charge is 2.42. The van der Waals surface area contributed by atoms with Gasteiger partial charge in [-0.15, -0.1) is 0 Å². The SMILES string of the molecule is COC(=O)[C@H](COC(C1CCCC1)C1C(C)CCC1C)NC(=O)[C@@H](N)CC(=O)O. The molecule has 2 saturated carbocycles. The van der Waals surface area contributed by atoms with E-state index in [1.807, 2.05) is 0 Å². The first-order valence-corrected chi connectivity index (χ1v) is 10.7. The molecule has 2 rings (SSSR count). The molecule has 2 aliphatic rings. The van der Waals surface area contributed by atoms with Crippen LogP contribution in [0.2, 0.25) is 0 Å². The summed E-state index contributed by atoms with van der Waals surface area (Å²) in [5.74, 6) is -0.488. The predicted molar refractivity (Wildman–Crippen MR) is 107 cm³/mol. The fourth-order valence-corrected chi connectivity index (χ4v) is 5.04. The van der Waals surface area contributed by atoms with Crippen LogP contribution < -0.4 is 11.1 Å². The largest absolute Gasteiger partial charge is 0.481 e. The van der Waals surface area contributed by atoms with Crippen molar-refractivity contribution >= 4 is 17.8 Å². The van der Waals surface area contributed by atoms with Gasteiger partial charge in [0.05, 0.1) is 32.3 Å². The molecule has 0 aliphatic heterocycles. The van der Waals surface area contributed by atoms with Crippen molar-refractivity contribution in [1.29, 1.82) is 0 Å². The van der Waals surface area contributed by atoms with Gasteiger partial charge in [-0.2, -0.15) is 0 Å². The normalized spacial score (nSPS) is 27.9. The van der Waals surface area contributed by atoms with Crippen LogP contribution in [0.3, 0.4) is 0 Å². The van der Waals surface area contributed by atoms with Gasteiger partial charge in [0.1, 0.15) is 0 Å². The number of esters is 1. The number of nitrogens with one attached hydrogen (secondary N) is 1. The number of nitrogens with two attached hydrogens (primary N) is 1. The first kappa shape index (κ1) is 23.6. The van der Waals surface area contributed by atoms with Gasteiger partial charge in [-0.1, -0.05) is 39.5 Å². The zero-order valence-corrected chi connectivity index (χ0v) is 17.8. The van der Waals surface area contributed by atoms with E-state index in [0.29, 0.717) is 23.7 Å². The van der Waals surface area contributed by atoms with E-state index in [4.69, 9.17) is 20.3 Å². The minimum Gasteiger partial charge on any atom is -0.481 e. The van der Waals surface area contributed by atoms with Crippen LogP contribution in [0.25, 0.3) is 0 Å². The molecule has 1 amide bonds. The number of ether oxygens (including phenoxy) is 2. The van der Waals surface area contributed by atoms with Gasteiger partial charge in [-0.25, -0.2) is 4.79 Å². The summed E-state index contributed by atoms with van der Waals surface area (Å²) in [5, 5.41) is 11.3. The van der Waals surface area contributed by atoms with Gasteiger partial charge >= 0.3 is 11.9 Å². The Hall–Kier alpha value is -1.67. The van der Waals surface area contributed by atoms with Crippen LogP contribution in [0.5, 0.6) is 0 Å². The zero-order valence-electron chi connectivity index (χ0n) is 17.8. The van der Waals surface area contributed by atoms with E-state index in [0.717, 1.165) is 12.8 Å². The van der Waals surface area contributed by atoms with Gasteiger partial charge in [0.2, 0.25) is 5.91 Å². The summed E-state index contributed by atoms with van der Waals surface area (Å²) >= 11 is 0. The van der Waals surface area contributed by atoms with Crippen LogP contribution in [0.15, 0.2) is 0 Å². The second-order valence-corrected chi connectivity index (χ2v) is 8.74. The quantitative estimate of drug-likeness (QED) is 0.466. The number of carboxylic acid groups (broad SMARTS) is 1. The lowest BCUT2D eigenvalue weighted by atomic mass is 9.79. The van der Waals surface area contributed by atoms with E-state index in [9.17, 15) is 14.4 Å². The molecule has 2 fully saturated rings. The van der Waals surface area contributed by atoms with Crippen molar-refractivity contribution in [3.63, 3.8) is 0 Å². The highest BCUT2D eigenvalue weighted by Crippen LogP contribution is 2.45. The summed E-state index contributed by atoms with van der Waals surface area (Å²) in [7, 11) is 1.24. The van der Waals surface area contributed by atoms with Crippen molar-refractivity contribution in [2.75, 3.05) is 13.7 Å². The minimum absolute atomic E-state index is 0.00465. The molecule has 8 heteroatoms. The molecule has 2 aliphatic carbocycles. The van der Waals surface area contributed by atoms with Crippen molar-refractivity contribution in [2.45, 2.75) is 77.0 Å². The van der Waals surface area contributed by atoms with E-state index >= 15 is 0 Å². The van der Waals surface area contributed by atoms with E-state index in [1.165, 1.54) is 32.8 Å². The molecule has 0 bridgehead atoms. The zero-order chi connectivity index (χ0) is 21.6. The smallest absolute Gasteiger partial charge is 0.330 e. The molecule has 8 nitrogen and oxygen atoms in total. The lowest BCUT2D eigenvalue weighted by Gasteiger charge is -2.35. The molecule has 0 heterocycles. The van der Waals surface area contributed by atoms with Gasteiger partial charge in [0.15, 0.2) is 6.04 Å². The Morgan fingerprint density at radius 1 is 1.10 bits per heavy atom. The number of rotatable bonds is 10. The molecule has 0 radical (unpaired) electrons. The summed E-state index contributed by atoms with van der Waals surface area (Å²) in [6.07, 6.45) is 6.53. The Balaban J connectivity index is 2.06. The van der Waals surface area contributed by atoms with Crippen molar-refractivity contribution in [2.24, 2.45) is 29.4 Å². The first-order chi connectivity index (χ1) is 13.7. The van der Waals surface area contributed by atoms with Crippen molar-refractivity contribution in [3.05, 3.63) is 0 Å². The lowest BCUT2D eigenvalue weighted by Crippen LogP contribution is -2.52. The Labute approximate surface area is 172 Å². The Bertz CT molecular complexity index is 568. The third kappa shape index (κ3) is 6.40. The van der Waals surface area contributed by atoms with Crippen LogP contribution >= 0.6 is 0 Å². The summed E-state index contributed by atoms with van der Waals surface area (Å²) in [4.78, 5) is 35.2. The van der Waals surface area contributed by atoms with Gasteiger partial charge in [-0.3, -0.25) is 9.59 Å². The molecular weight excluding hydrogens is 376 g/mol. The second kappa shape index (κ2) is 10.9. The summed E-state index contributed by atoms with van der Waals surface area (Å²) in [6, 6.07) is -2.25. The Kier molecular flexibility index (Phi) is 8.89. The van der Waals surface area contributed by atoms with Crippen molar-refractivity contribution < 1.29 is 29.0 Å². The summed E-state index contributed by atoms with van der Waals surface area (Å²) in [5.41, 5.74) is 5.61.